The number of hydrogen-bond donors (Lipinski definition) is 6. The molecular formula is C42H66N4O6. The number of aryl methyl sites for hydroxylation is 2. The van der Waals surface area contributed by atoms with E-state index in [4.69, 9.17) is 0 Å². The molecule has 10 heteroatoms. The molecule has 290 valence electrons. The maximum atomic E-state index is 12.9. The van der Waals surface area contributed by atoms with Gasteiger partial charge in [-0.1, -0.05) is 117 Å². The van der Waals surface area contributed by atoms with Gasteiger partial charge in [0, 0.05) is 11.8 Å². The summed E-state index contributed by atoms with van der Waals surface area (Å²) in [4.78, 5) is 51.5. The molecule has 10 nitrogen and oxygen atoms in total. The Morgan fingerprint density at radius 3 is 1.23 bits per heavy atom. The first-order chi connectivity index (χ1) is 25.1. The molecule has 0 saturated heterocycles. The van der Waals surface area contributed by atoms with Crippen LogP contribution in [-0.2, 0) is 22.4 Å². The van der Waals surface area contributed by atoms with Gasteiger partial charge in [0.05, 0.1) is 11.1 Å². The van der Waals surface area contributed by atoms with E-state index in [1.807, 2.05) is 26.0 Å². The average Bonchev–Trinajstić information content (AvgIpc) is 3.14. The average molecular weight is 723 g/mol. The molecule has 4 amide bonds. The molecule has 0 bridgehead atoms. The van der Waals surface area contributed by atoms with Gasteiger partial charge in [-0.15, -0.1) is 0 Å². The van der Waals surface area contributed by atoms with Crippen molar-refractivity contribution in [3.63, 3.8) is 0 Å². The summed E-state index contributed by atoms with van der Waals surface area (Å²) in [6.07, 6.45) is 19.4. The summed E-state index contributed by atoms with van der Waals surface area (Å²) in [7, 11) is 0. The van der Waals surface area contributed by atoms with Crippen LogP contribution >= 0.6 is 0 Å². The van der Waals surface area contributed by atoms with E-state index in [9.17, 15) is 29.4 Å². The molecule has 0 aliphatic heterocycles. The highest BCUT2D eigenvalue weighted by Gasteiger charge is 2.21. The lowest BCUT2D eigenvalue weighted by atomic mass is 9.94. The first-order valence-corrected chi connectivity index (χ1v) is 20.0. The van der Waals surface area contributed by atoms with Crippen molar-refractivity contribution >= 4 is 23.6 Å². The van der Waals surface area contributed by atoms with Crippen LogP contribution < -0.4 is 21.7 Å². The monoisotopic (exact) mass is 722 g/mol. The van der Waals surface area contributed by atoms with Crippen LogP contribution in [0.15, 0.2) is 36.4 Å². The van der Waals surface area contributed by atoms with Gasteiger partial charge in [0.1, 0.15) is 11.5 Å². The maximum absolute atomic E-state index is 12.9. The fourth-order valence-electron chi connectivity index (χ4n) is 6.46. The van der Waals surface area contributed by atoms with E-state index in [2.05, 4.69) is 35.6 Å². The molecule has 0 aliphatic carbocycles. The van der Waals surface area contributed by atoms with Crippen LogP contribution in [0.4, 0.5) is 0 Å². The molecule has 0 radical (unpaired) electrons. The van der Waals surface area contributed by atoms with Crippen LogP contribution in [0.5, 0.6) is 11.5 Å². The van der Waals surface area contributed by atoms with E-state index in [0.717, 1.165) is 49.7 Å². The third-order valence-corrected chi connectivity index (χ3v) is 9.93. The lowest BCUT2D eigenvalue weighted by molar-refractivity contribution is -0.127. The minimum absolute atomic E-state index is 0.130. The molecule has 0 saturated carbocycles. The molecule has 2 rings (SSSR count). The van der Waals surface area contributed by atoms with Gasteiger partial charge >= 0.3 is 0 Å². The number of amides is 4. The Bertz CT molecular complexity index is 1280. The lowest BCUT2D eigenvalue weighted by Crippen LogP contribution is -2.44. The SMILES string of the molecule is CCCCCCCCc1ccc(O)c(C(=O)NNC(=O)C(CC)CCCCC(CC)C(=O)NNC(=O)c2cc(CCCCCCCC)ccc2O)c1. The molecule has 52 heavy (non-hydrogen) atoms. The molecule has 6 N–H and O–H groups in total. The van der Waals surface area contributed by atoms with E-state index >= 15 is 0 Å². The van der Waals surface area contributed by atoms with Crippen molar-refractivity contribution in [3.8, 4) is 11.5 Å². The Morgan fingerprint density at radius 2 is 0.865 bits per heavy atom. The van der Waals surface area contributed by atoms with Crippen molar-refractivity contribution in [2.24, 2.45) is 11.8 Å². The summed E-state index contributed by atoms with van der Waals surface area (Å²) < 4.78 is 0. The number of hydrogen-bond acceptors (Lipinski definition) is 6. The Labute approximate surface area is 312 Å². The molecule has 0 heterocycles. The number of carbonyl (C=O) groups excluding carboxylic acids is 4. The second-order valence-corrected chi connectivity index (χ2v) is 14.1. The van der Waals surface area contributed by atoms with Crippen molar-refractivity contribution in [1.29, 1.82) is 0 Å². The number of rotatable bonds is 25. The second-order valence-electron chi connectivity index (χ2n) is 14.1. The second kappa shape index (κ2) is 25.8. The summed E-state index contributed by atoms with van der Waals surface area (Å²) in [6.45, 7) is 8.21. The third kappa shape index (κ3) is 16.5. The standard InChI is InChI=1S/C42H66N4O6/c1-5-9-11-13-15-17-21-31-25-27-37(47)35(29-31)41(51)45-43-39(49)33(7-3)23-19-20-24-34(8-4)40(50)44-46-42(52)36-30-32(26-28-38(36)48)22-18-16-14-12-10-6-2/h25-30,33-34,47-48H,5-24H2,1-4H3,(H,43,49)(H,44,50)(H,45,51)(H,46,52). The fraction of sp³-hybridized carbons (Fsp3) is 0.619. The number of phenols is 2. The number of unbranched alkanes of at least 4 members (excludes halogenated alkanes) is 11. The van der Waals surface area contributed by atoms with E-state index in [0.29, 0.717) is 38.5 Å². The predicted molar refractivity (Wildman–Crippen MR) is 208 cm³/mol. The van der Waals surface area contributed by atoms with Crippen LogP contribution in [0.2, 0.25) is 0 Å². The lowest BCUT2D eigenvalue weighted by Gasteiger charge is -2.18. The van der Waals surface area contributed by atoms with Crippen molar-refractivity contribution in [3.05, 3.63) is 58.7 Å². The molecule has 0 spiro atoms. The number of nitrogens with one attached hydrogen (secondary N) is 4. The number of carbonyl (C=O) groups is 4. The summed E-state index contributed by atoms with van der Waals surface area (Å²) in [5.74, 6) is -2.65. The Morgan fingerprint density at radius 1 is 0.500 bits per heavy atom. The van der Waals surface area contributed by atoms with Crippen LogP contribution in [0, 0.1) is 11.8 Å². The molecule has 0 aromatic heterocycles. The van der Waals surface area contributed by atoms with Crippen LogP contribution in [0.3, 0.4) is 0 Å². The van der Waals surface area contributed by atoms with Crippen molar-refractivity contribution in [2.45, 2.75) is 156 Å². The normalized spacial score (nSPS) is 12.2. The largest absolute Gasteiger partial charge is 0.507 e. The van der Waals surface area contributed by atoms with Gasteiger partial charge in [-0.05, 0) is 86.8 Å². The molecule has 0 fully saturated rings. The molecule has 0 aliphatic rings. The Balaban J connectivity index is 1.75. The van der Waals surface area contributed by atoms with Crippen LogP contribution in [0.1, 0.15) is 175 Å². The van der Waals surface area contributed by atoms with Crippen LogP contribution in [-0.4, -0.2) is 33.8 Å². The minimum Gasteiger partial charge on any atom is -0.507 e. The Hall–Kier alpha value is -4.08. The number of phenolic OH excluding ortho intramolecular Hbond substituents is 2. The zero-order valence-electron chi connectivity index (χ0n) is 32.3. The molecule has 2 atom stereocenters. The van der Waals surface area contributed by atoms with Gasteiger partial charge in [-0.3, -0.25) is 40.9 Å². The highest BCUT2D eigenvalue weighted by atomic mass is 16.3. The van der Waals surface area contributed by atoms with Crippen molar-refractivity contribution in [2.75, 3.05) is 0 Å². The van der Waals surface area contributed by atoms with Crippen molar-refractivity contribution < 1.29 is 29.4 Å². The molecule has 2 aromatic rings. The quantitative estimate of drug-likeness (QED) is 0.0445. The fourth-order valence-corrected chi connectivity index (χ4v) is 6.46. The van der Waals surface area contributed by atoms with Gasteiger partial charge in [0.25, 0.3) is 11.8 Å². The topological polar surface area (TPSA) is 157 Å². The summed E-state index contributed by atoms with van der Waals surface area (Å²) in [5, 5.41) is 20.6. The van der Waals surface area contributed by atoms with E-state index in [1.54, 1.807) is 12.1 Å². The molecule has 2 aromatic carbocycles. The Kier molecular flexibility index (Phi) is 21.9. The predicted octanol–water partition coefficient (Wildman–Crippen LogP) is 8.74. The first-order valence-electron chi connectivity index (χ1n) is 20.0. The van der Waals surface area contributed by atoms with E-state index < -0.39 is 11.8 Å². The molecular weight excluding hydrogens is 656 g/mol. The summed E-state index contributed by atoms with van der Waals surface area (Å²) in [5.41, 5.74) is 12.2. The van der Waals surface area contributed by atoms with Gasteiger partial charge in [0.15, 0.2) is 0 Å². The van der Waals surface area contributed by atoms with Gasteiger partial charge in [-0.25, -0.2) is 0 Å². The highest BCUT2D eigenvalue weighted by Crippen LogP contribution is 2.22. The van der Waals surface area contributed by atoms with E-state index in [-0.39, 0.29) is 46.3 Å². The number of aromatic hydroxyl groups is 2. The van der Waals surface area contributed by atoms with Crippen LogP contribution in [0.25, 0.3) is 0 Å². The minimum atomic E-state index is -0.564. The van der Waals surface area contributed by atoms with Crippen molar-refractivity contribution in [1.82, 2.24) is 21.7 Å². The third-order valence-electron chi connectivity index (χ3n) is 9.93. The van der Waals surface area contributed by atoms with Gasteiger partial charge in [-0.2, -0.15) is 0 Å². The van der Waals surface area contributed by atoms with E-state index in [1.165, 1.54) is 63.5 Å². The summed E-state index contributed by atoms with van der Waals surface area (Å²) in [6, 6.07) is 10.1. The summed E-state index contributed by atoms with van der Waals surface area (Å²) >= 11 is 0. The first kappa shape index (κ1) is 44.1. The zero-order chi connectivity index (χ0) is 38.1. The van der Waals surface area contributed by atoms with Gasteiger partial charge < -0.3 is 10.2 Å². The highest BCUT2D eigenvalue weighted by molar-refractivity contribution is 5.98. The molecule has 2 unspecified atom stereocenters. The zero-order valence-corrected chi connectivity index (χ0v) is 32.3. The number of hydrazine groups is 2. The maximum Gasteiger partial charge on any atom is 0.273 e. The van der Waals surface area contributed by atoms with Gasteiger partial charge in [0.2, 0.25) is 11.8 Å². The smallest absolute Gasteiger partial charge is 0.273 e. The number of benzene rings is 2.